The lowest BCUT2D eigenvalue weighted by atomic mass is 9.82. The standard InChI is InChI=1S/C19H13F4N3/c1-18(2)19(22,23)12-6-4-3-5-11(12)17(24-18)14-9-10-7-8-13(20)15(21)16(10)26-25-14/h3-9H,1-2H3. The Hall–Kier alpha value is -2.83. The molecule has 2 aromatic carbocycles. The minimum absolute atomic E-state index is 0.151. The van der Waals surface area contributed by atoms with Crippen molar-refractivity contribution in [1.82, 2.24) is 10.2 Å². The summed E-state index contributed by atoms with van der Waals surface area (Å²) in [6.07, 6.45) is 0. The van der Waals surface area contributed by atoms with E-state index >= 15 is 0 Å². The number of aromatic nitrogens is 2. The molecule has 1 aliphatic heterocycles. The van der Waals surface area contributed by atoms with Gasteiger partial charge in [-0.05, 0) is 32.0 Å². The van der Waals surface area contributed by atoms with Crippen LogP contribution < -0.4 is 0 Å². The van der Waals surface area contributed by atoms with E-state index < -0.39 is 23.1 Å². The molecule has 132 valence electrons. The fourth-order valence-corrected chi connectivity index (χ4v) is 3.07. The van der Waals surface area contributed by atoms with E-state index in [1.54, 1.807) is 6.07 Å². The van der Waals surface area contributed by atoms with Crippen molar-refractivity contribution in [3.8, 4) is 0 Å². The third kappa shape index (κ3) is 2.23. The monoisotopic (exact) mass is 359 g/mol. The summed E-state index contributed by atoms with van der Waals surface area (Å²) in [5.41, 5.74) is -1.35. The van der Waals surface area contributed by atoms with Crippen LogP contribution in [0, 0.1) is 11.6 Å². The van der Waals surface area contributed by atoms with Crippen LogP contribution in [0.3, 0.4) is 0 Å². The van der Waals surface area contributed by atoms with Crippen molar-refractivity contribution in [2.45, 2.75) is 25.3 Å². The van der Waals surface area contributed by atoms with Gasteiger partial charge in [0.15, 0.2) is 11.6 Å². The quantitative estimate of drug-likeness (QED) is 0.594. The van der Waals surface area contributed by atoms with E-state index in [0.717, 1.165) is 6.07 Å². The molecule has 7 heteroatoms. The third-order valence-corrected chi connectivity index (χ3v) is 4.57. The van der Waals surface area contributed by atoms with E-state index in [0.29, 0.717) is 5.39 Å². The summed E-state index contributed by atoms with van der Waals surface area (Å²) in [6.45, 7) is 2.68. The van der Waals surface area contributed by atoms with Crippen molar-refractivity contribution < 1.29 is 17.6 Å². The molecule has 0 aliphatic carbocycles. The number of rotatable bonds is 1. The van der Waals surface area contributed by atoms with E-state index in [1.165, 1.54) is 44.2 Å². The van der Waals surface area contributed by atoms with Crippen LogP contribution in [0.25, 0.3) is 10.9 Å². The van der Waals surface area contributed by atoms with Gasteiger partial charge in [0.1, 0.15) is 16.7 Å². The van der Waals surface area contributed by atoms with Crippen LogP contribution in [0.1, 0.15) is 30.7 Å². The molecule has 0 unspecified atom stereocenters. The van der Waals surface area contributed by atoms with Gasteiger partial charge in [-0.2, -0.15) is 8.78 Å². The molecule has 1 aromatic heterocycles. The van der Waals surface area contributed by atoms with Crippen LogP contribution in [-0.2, 0) is 5.92 Å². The topological polar surface area (TPSA) is 38.1 Å². The highest BCUT2D eigenvalue weighted by Crippen LogP contribution is 2.46. The smallest absolute Gasteiger partial charge is 0.270 e. The first-order valence-corrected chi connectivity index (χ1v) is 7.92. The second-order valence-electron chi connectivity index (χ2n) is 6.67. The van der Waals surface area contributed by atoms with Crippen LogP contribution in [0.4, 0.5) is 17.6 Å². The number of alkyl halides is 2. The Kier molecular flexibility index (Phi) is 3.41. The van der Waals surface area contributed by atoms with Crippen LogP contribution in [0.15, 0.2) is 47.5 Å². The summed E-state index contributed by atoms with van der Waals surface area (Å²) in [7, 11) is 0. The first-order valence-electron chi connectivity index (χ1n) is 7.92. The predicted octanol–water partition coefficient (Wildman–Crippen LogP) is 4.63. The van der Waals surface area contributed by atoms with Gasteiger partial charge < -0.3 is 0 Å². The Morgan fingerprint density at radius 2 is 1.65 bits per heavy atom. The van der Waals surface area contributed by atoms with Gasteiger partial charge in [0.05, 0.1) is 5.71 Å². The van der Waals surface area contributed by atoms with E-state index in [1.807, 2.05) is 0 Å². The molecular formula is C19H13F4N3. The van der Waals surface area contributed by atoms with Gasteiger partial charge in [-0.3, -0.25) is 4.99 Å². The Morgan fingerprint density at radius 3 is 2.42 bits per heavy atom. The zero-order valence-corrected chi connectivity index (χ0v) is 13.9. The number of fused-ring (bicyclic) bond motifs is 2. The first kappa shape index (κ1) is 16.6. The highest BCUT2D eigenvalue weighted by Gasteiger charge is 2.52. The third-order valence-electron chi connectivity index (χ3n) is 4.57. The molecule has 3 nitrogen and oxygen atoms in total. The second-order valence-corrected chi connectivity index (χ2v) is 6.67. The lowest BCUT2D eigenvalue weighted by Gasteiger charge is -2.36. The molecule has 0 amide bonds. The van der Waals surface area contributed by atoms with Gasteiger partial charge >= 0.3 is 0 Å². The molecule has 0 N–H and O–H groups in total. The fraction of sp³-hybridized carbons (Fsp3) is 0.211. The number of hydrogen-bond acceptors (Lipinski definition) is 3. The number of hydrogen-bond donors (Lipinski definition) is 0. The Morgan fingerprint density at radius 1 is 0.923 bits per heavy atom. The zero-order valence-electron chi connectivity index (χ0n) is 13.9. The van der Waals surface area contributed by atoms with Crippen molar-refractivity contribution in [2.24, 2.45) is 4.99 Å². The summed E-state index contributed by atoms with van der Waals surface area (Å²) in [5, 5.41) is 7.96. The van der Waals surface area contributed by atoms with Crippen molar-refractivity contribution in [3.05, 3.63) is 70.9 Å². The van der Waals surface area contributed by atoms with Gasteiger partial charge in [0.2, 0.25) is 0 Å². The SMILES string of the molecule is CC1(C)N=C(c2cc3ccc(F)c(F)c3nn2)c2ccccc2C1(F)F. The Labute approximate surface area is 146 Å². The van der Waals surface area contributed by atoms with Crippen molar-refractivity contribution in [2.75, 3.05) is 0 Å². The van der Waals surface area contributed by atoms with Crippen LogP contribution in [0.2, 0.25) is 0 Å². The molecule has 0 radical (unpaired) electrons. The van der Waals surface area contributed by atoms with Gasteiger partial charge in [-0.1, -0.05) is 24.3 Å². The van der Waals surface area contributed by atoms with Gasteiger partial charge in [-0.25, -0.2) is 8.78 Å². The molecule has 0 saturated carbocycles. The van der Waals surface area contributed by atoms with Gasteiger partial charge in [-0.15, -0.1) is 10.2 Å². The normalized spacial score (nSPS) is 17.7. The maximum Gasteiger partial charge on any atom is 0.297 e. The Bertz CT molecular complexity index is 1070. The van der Waals surface area contributed by atoms with E-state index in [9.17, 15) is 17.6 Å². The van der Waals surface area contributed by atoms with Crippen molar-refractivity contribution in [1.29, 1.82) is 0 Å². The lowest BCUT2D eigenvalue weighted by Crippen LogP contribution is -2.44. The predicted molar refractivity (Wildman–Crippen MR) is 89.5 cm³/mol. The number of benzene rings is 2. The highest BCUT2D eigenvalue weighted by atomic mass is 19.3. The number of nitrogens with zero attached hydrogens (tertiary/aromatic N) is 3. The molecule has 2 heterocycles. The minimum atomic E-state index is -3.16. The molecule has 0 bridgehead atoms. The molecule has 3 aromatic rings. The van der Waals surface area contributed by atoms with E-state index in [2.05, 4.69) is 15.2 Å². The largest absolute Gasteiger partial charge is 0.297 e. The van der Waals surface area contributed by atoms with Gasteiger partial charge in [0, 0.05) is 16.5 Å². The van der Waals surface area contributed by atoms with Crippen LogP contribution in [-0.4, -0.2) is 21.4 Å². The van der Waals surface area contributed by atoms with E-state index in [-0.39, 0.29) is 28.0 Å². The average Bonchev–Trinajstić information content (AvgIpc) is 2.61. The molecule has 4 rings (SSSR count). The van der Waals surface area contributed by atoms with Crippen LogP contribution >= 0.6 is 0 Å². The summed E-state index contributed by atoms with van der Waals surface area (Å²) < 4.78 is 56.7. The highest BCUT2D eigenvalue weighted by molar-refractivity contribution is 6.14. The fourth-order valence-electron chi connectivity index (χ4n) is 3.07. The number of halogens is 4. The second kappa shape index (κ2) is 5.33. The first-order chi connectivity index (χ1) is 12.2. The molecule has 0 fully saturated rings. The number of aliphatic imine (C=N–C) groups is 1. The summed E-state index contributed by atoms with van der Waals surface area (Å²) in [6, 6.07) is 9.88. The van der Waals surface area contributed by atoms with E-state index in [4.69, 9.17) is 0 Å². The summed E-state index contributed by atoms with van der Waals surface area (Å²) in [5.74, 6) is -5.29. The zero-order chi connectivity index (χ0) is 18.7. The van der Waals surface area contributed by atoms with Crippen molar-refractivity contribution >= 4 is 16.6 Å². The molecule has 0 saturated heterocycles. The molecular weight excluding hydrogens is 346 g/mol. The molecule has 26 heavy (non-hydrogen) atoms. The summed E-state index contributed by atoms with van der Waals surface area (Å²) in [4.78, 5) is 4.22. The summed E-state index contributed by atoms with van der Waals surface area (Å²) >= 11 is 0. The maximum absolute atomic E-state index is 14.8. The lowest BCUT2D eigenvalue weighted by molar-refractivity contribution is -0.0682. The van der Waals surface area contributed by atoms with Crippen molar-refractivity contribution in [3.63, 3.8) is 0 Å². The maximum atomic E-state index is 14.8. The molecule has 0 atom stereocenters. The Balaban J connectivity index is 1.97. The average molecular weight is 359 g/mol. The van der Waals surface area contributed by atoms with Crippen LogP contribution in [0.5, 0.6) is 0 Å². The minimum Gasteiger partial charge on any atom is -0.270 e. The van der Waals surface area contributed by atoms with Gasteiger partial charge in [0.25, 0.3) is 5.92 Å². The molecule has 0 spiro atoms. The molecule has 1 aliphatic rings.